The standard InChI is InChI=1S/C22H19F4N3O3/c23-18-5-1-2-6-19(18)29-20(22(24,25)26)17(12-27-29)21(30)28-14-7-9-15(10-8-14)32-13-16-4-3-11-31-16/h1-2,5-10,12,16H,3-4,11,13H2,(H,28,30). The van der Waals surface area contributed by atoms with Crippen molar-refractivity contribution in [3.05, 3.63) is 71.8 Å². The summed E-state index contributed by atoms with van der Waals surface area (Å²) in [6, 6.07) is 11.1. The second kappa shape index (κ2) is 8.99. The number of ether oxygens (including phenoxy) is 2. The van der Waals surface area contributed by atoms with Crippen LogP contribution in [0.3, 0.4) is 0 Å². The number of aromatic nitrogens is 2. The van der Waals surface area contributed by atoms with Crippen molar-refractivity contribution in [2.24, 2.45) is 0 Å². The Labute approximate surface area is 180 Å². The summed E-state index contributed by atoms with van der Waals surface area (Å²) in [4.78, 5) is 12.6. The number of carbonyl (C=O) groups excluding carboxylic acids is 1. The molecule has 0 aliphatic carbocycles. The number of alkyl halides is 3. The summed E-state index contributed by atoms with van der Waals surface area (Å²) in [6.45, 7) is 1.11. The van der Waals surface area contributed by atoms with Crippen molar-refractivity contribution >= 4 is 11.6 Å². The van der Waals surface area contributed by atoms with Crippen molar-refractivity contribution in [3.63, 3.8) is 0 Å². The van der Waals surface area contributed by atoms with E-state index in [4.69, 9.17) is 9.47 Å². The van der Waals surface area contributed by atoms with E-state index < -0.39 is 34.8 Å². The molecule has 32 heavy (non-hydrogen) atoms. The number of anilines is 1. The fourth-order valence-corrected chi connectivity index (χ4v) is 3.39. The first-order chi connectivity index (χ1) is 15.3. The highest BCUT2D eigenvalue weighted by atomic mass is 19.4. The predicted molar refractivity (Wildman–Crippen MR) is 107 cm³/mol. The summed E-state index contributed by atoms with van der Waals surface area (Å²) in [5.74, 6) is -1.37. The van der Waals surface area contributed by atoms with Gasteiger partial charge in [-0.25, -0.2) is 9.07 Å². The molecule has 2 aromatic carbocycles. The van der Waals surface area contributed by atoms with Gasteiger partial charge in [0.25, 0.3) is 5.91 Å². The molecule has 1 unspecified atom stereocenters. The van der Waals surface area contributed by atoms with E-state index in [-0.39, 0.29) is 11.8 Å². The van der Waals surface area contributed by atoms with Crippen LogP contribution in [0.2, 0.25) is 0 Å². The van der Waals surface area contributed by atoms with Gasteiger partial charge < -0.3 is 14.8 Å². The number of amides is 1. The van der Waals surface area contributed by atoms with Gasteiger partial charge >= 0.3 is 6.18 Å². The lowest BCUT2D eigenvalue weighted by Gasteiger charge is -2.14. The highest BCUT2D eigenvalue weighted by Gasteiger charge is 2.41. The molecule has 1 amide bonds. The number of carbonyl (C=O) groups is 1. The number of benzene rings is 2. The molecule has 1 saturated heterocycles. The molecule has 1 fully saturated rings. The number of para-hydroxylation sites is 1. The summed E-state index contributed by atoms with van der Waals surface area (Å²) in [7, 11) is 0. The van der Waals surface area contributed by atoms with Gasteiger partial charge in [-0.2, -0.15) is 18.3 Å². The lowest BCUT2D eigenvalue weighted by Crippen LogP contribution is -2.21. The van der Waals surface area contributed by atoms with Gasteiger partial charge in [0.15, 0.2) is 5.69 Å². The highest BCUT2D eigenvalue weighted by molar-refractivity contribution is 6.05. The zero-order valence-corrected chi connectivity index (χ0v) is 16.7. The molecule has 0 saturated carbocycles. The van der Waals surface area contributed by atoms with Crippen molar-refractivity contribution in [2.75, 3.05) is 18.5 Å². The number of hydrogen-bond acceptors (Lipinski definition) is 4. The van der Waals surface area contributed by atoms with E-state index in [1.165, 1.54) is 24.3 Å². The fourth-order valence-electron chi connectivity index (χ4n) is 3.39. The predicted octanol–water partition coefficient (Wildman–Crippen LogP) is 4.84. The maximum absolute atomic E-state index is 14.1. The molecular weight excluding hydrogens is 430 g/mol. The molecule has 1 aromatic heterocycles. The van der Waals surface area contributed by atoms with E-state index in [2.05, 4.69) is 10.4 Å². The van der Waals surface area contributed by atoms with Crippen molar-refractivity contribution in [3.8, 4) is 11.4 Å². The van der Waals surface area contributed by atoms with Crippen LogP contribution in [0, 0.1) is 5.82 Å². The van der Waals surface area contributed by atoms with Gasteiger partial charge in [-0.05, 0) is 49.2 Å². The van der Waals surface area contributed by atoms with E-state index in [0.717, 1.165) is 31.2 Å². The quantitative estimate of drug-likeness (QED) is 0.547. The second-order valence-electron chi connectivity index (χ2n) is 7.19. The number of hydrogen-bond donors (Lipinski definition) is 1. The van der Waals surface area contributed by atoms with Crippen molar-refractivity contribution in [2.45, 2.75) is 25.1 Å². The van der Waals surface area contributed by atoms with Gasteiger partial charge in [-0.3, -0.25) is 4.79 Å². The van der Waals surface area contributed by atoms with Crippen LogP contribution in [0.25, 0.3) is 5.69 Å². The zero-order chi connectivity index (χ0) is 22.7. The molecule has 1 N–H and O–H groups in total. The Balaban J connectivity index is 1.51. The molecule has 1 aliphatic rings. The van der Waals surface area contributed by atoms with Gasteiger partial charge in [0.2, 0.25) is 0 Å². The Kier molecular flexibility index (Phi) is 6.13. The van der Waals surface area contributed by atoms with Crippen molar-refractivity contribution in [1.82, 2.24) is 9.78 Å². The van der Waals surface area contributed by atoms with Crippen LogP contribution in [0.1, 0.15) is 28.9 Å². The Bertz CT molecular complexity index is 1090. The molecule has 1 aliphatic heterocycles. The largest absolute Gasteiger partial charge is 0.491 e. The third-order valence-electron chi connectivity index (χ3n) is 4.94. The summed E-state index contributed by atoms with van der Waals surface area (Å²) < 4.78 is 66.7. The zero-order valence-electron chi connectivity index (χ0n) is 16.7. The summed E-state index contributed by atoms with van der Waals surface area (Å²) >= 11 is 0. The number of halogens is 4. The monoisotopic (exact) mass is 449 g/mol. The van der Waals surface area contributed by atoms with E-state index in [0.29, 0.717) is 23.6 Å². The van der Waals surface area contributed by atoms with Gasteiger partial charge in [0.1, 0.15) is 23.9 Å². The molecule has 10 heteroatoms. The Hall–Kier alpha value is -3.40. The minimum Gasteiger partial charge on any atom is -0.491 e. The molecular formula is C22H19F4N3O3. The summed E-state index contributed by atoms with van der Waals surface area (Å²) in [6.07, 6.45) is -2.21. The van der Waals surface area contributed by atoms with Crippen LogP contribution in [0.15, 0.2) is 54.7 Å². The average Bonchev–Trinajstić information content (AvgIpc) is 3.43. The van der Waals surface area contributed by atoms with Gasteiger partial charge in [-0.15, -0.1) is 0 Å². The SMILES string of the molecule is O=C(Nc1ccc(OCC2CCCO2)cc1)c1cnn(-c2ccccc2F)c1C(F)(F)F. The topological polar surface area (TPSA) is 65.4 Å². The smallest absolute Gasteiger partial charge is 0.434 e. The molecule has 6 nitrogen and oxygen atoms in total. The molecule has 0 radical (unpaired) electrons. The third-order valence-corrected chi connectivity index (χ3v) is 4.94. The molecule has 4 rings (SSSR count). The van der Waals surface area contributed by atoms with E-state index in [9.17, 15) is 22.4 Å². The average molecular weight is 449 g/mol. The molecule has 3 aromatic rings. The molecule has 0 bridgehead atoms. The Morgan fingerprint density at radius 1 is 1.19 bits per heavy atom. The normalized spacial score (nSPS) is 16.2. The molecule has 2 heterocycles. The number of nitrogens with zero attached hydrogens (tertiary/aromatic N) is 2. The van der Waals surface area contributed by atoms with Crippen LogP contribution in [0.5, 0.6) is 5.75 Å². The lowest BCUT2D eigenvalue weighted by atomic mass is 10.2. The van der Waals surface area contributed by atoms with Crippen LogP contribution < -0.4 is 10.1 Å². The summed E-state index contributed by atoms with van der Waals surface area (Å²) in [5, 5.41) is 6.02. The Morgan fingerprint density at radius 3 is 2.59 bits per heavy atom. The summed E-state index contributed by atoms with van der Waals surface area (Å²) in [5.41, 5.74) is -2.23. The maximum atomic E-state index is 14.1. The maximum Gasteiger partial charge on any atom is 0.434 e. The molecule has 168 valence electrons. The lowest BCUT2D eigenvalue weighted by molar-refractivity contribution is -0.143. The van der Waals surface area contributed by atoms with Gasteiger partial charge in [0.05, 0.1) is 17.9 Å². The van der Waals surface area contributed by atoms with Gasteiger partial charge in [0, 0.05) is 12.3 Å². The van der Waals surface area contributed by atoms with E-state index >= 15 is 0 Å². The Morgan fingerprint density at radius 2 is 1.94 bits per heavy atom. The van der Waals surface area contributed by atoms with Crippen molar-refractivity contribution in [1.29, 1.82) is 0 Å². The third kappa shape index (κ3) is 4.75. The highest BCUT2D eigenvalue weighted by Crippen LogP contribution is 2.34. The fraction of sp³-hybridized carbons (Fsp3) is 0.273. The number of nitrogens with one attached hydrogen (secondary N) is 1. The number of rotatable bonds is 6. The first kappa shape index (κ1) is 21.8. The minimum atomic E-state index is -4.94. The van der Waals surface area contributed by atoms with Crippen LogP contribution in [0.4, 0.5) is 23.2 Å². The van der Waals surface area contributed by atoms with Crippen molar-refractivity contribution < 1.29 is 31.8 Å². The minimum absolute atomic E-state index is 0.0427. The second-order valence-corrected chi connectivity index (χ2v) is 7.19. The van der Waals surface area contributed by atoms with E-state index in [1.807, 2.05) is 0 Å². The molecule has 1 atom stereocenters. The first-order valence-electron chi connectivity index (χ1n) is 9.89. The van der Waals surface area contributed by atoms with Crippen LogP contribution >= 0.6 is 0 Å². The molecule has 0 spiro atoms. The van der Waals surface area contributed by atoms with Crippen LogP contribution in [-0.4, -0.2) is 35.0 Å². The first-order valence-corrected chi connectivity index (χ1v) is 9.89. The van der Waals surface area contributed by atoms with E-state index in [1.54, 1.807) is 12.1 Å². The van der Waals surface area contributed by atoms with Gasteiger partial charge in [-0.1, -0.05) is 12.1 Å². The van der Waals surface area contributed by atoms with Crippen LogP contribution in [-0.2, 0) is 10.9 Å².